The van der Waals surface area contributed by atoms with Crippen LogP contribution in [0.15, 0.2) is 48.5 Å². The molecule has 0 aromatic heterocycles. The van der Waals surface area contributed by atoms with E-state index in [4.69, 9.17) is 0 Å². The van der Waals surface area contributed by atoms with Gasteiger partial charge in [0, 0.05) is 13.1 Å². The highest BCUT2D eigenvalue weighted by Gasteiger charge is 2.12. The van der Waals surface area contributed by atoms with Crippen molar-refractivity contribution in [3.8, 4) is 0 Å². The van der Waals surface area contributed by atoms with Gasteiger partial charge < -0.3 is 14.9 Å². The molecule has 120 valence electrons. The maximum Gasteiger partial charge on any atom is 0.488 e. The summed E-state index contributed by atoms with van der Waals surface area (Å²) in [5.41, 5.74) is 3.80. The Morgan fingerprint density at radius 3 is 2.39 bits per heavy atom. The van der Waals surface area contributed by atoms with Gasteiger partial charge in [0.25, 0.3) is 0 Å². The molecule has 1 amide bonds. The molecule has 0 saturated heterocycles. The molecule has 0 aliphatic rings. The second kappa shape index (κ2) is 8.51. The fourth-order valence-electron chi connectivity index (χ4n) is 2.52. The molecule has 0 fully saturated rings. The third-order valence-electron chi connectivity index (χ3n) is 4.02. The number of rotatable bonds is 8. The van der Waals surface area contributed by atoms with Gasteiger partial charge >= 0.3 is 7.12 Å². The van der Waals surface area contributed by atoms with Crippen molar-refractivity contribution in [3.63, 3.8) is 0 Å². The van der Waals surface area contributed by atoms with E-state index in [1.807, 2.05) is 31.2 Å². The van der Waals surface area contributed by atoms with Crippen LogP contribution in [-0.4, -0.2) is 41.6 Å². The molecule has 4 nitrogen and oxygen atoms in total. The first-order valence-corrected chi connectivity index (χ1v) is 7.79. The highest BCUT2D eigenvalue weighted by atomic mass is 16.4. The molecule has 0 heterocycles. The Hall–Kier alpha value is -2.11. The first-order chi connectivity index (χ1) is 11.1. The molecule has 0 unspecified atom stereocenters. The molecule has 0 aliphatic heterocycles. The minimum atomic E-state index is -1.46. The van der Waals surface area contributed by atoms with E-state index in [2.05, 4.69) is 12.1 Å². The second-order valence-electron chi connectivity index (χ2n) is 5.69. The van der Waals surface area contributed by atoms with Crippen molar-refractivity contribution in [3.05, 3.63) is 65.2 Å². The molecule has 0 aliphatic carbocycles. The summed E-state index contributed by atoms with van der Waals surface area (Å²) in [7, 11) is -1.46. The third kappa shape index (κ3) is 5.23. The number of amides is 1. The van der Waals surface area contributed by atoms with E-state index in [0.29, 0.717) is 25.0 Å². The van der Waals surface area contributed by atoms with Crippen molar-refractivity contribution in [2.75, 3.05) is 13.1 Å². The molecular formula is C18H22BNO3. The van der Waals surface area contributed by atoms with Crippen molar-refractivity contribution in [1.82, 2.24) is 4.90 Å². The van der Waals surface area contributed by atoms with Crippen molar-refractivity contribution in [2.45, 2.75) is 19.8 Å². The Morgan fingerprint density at radius 2 is 1.74 bits per heavy atom. The lowest BCUT2D eigenvalue weighted by Crippen LogP contribution is -2.31. The third-order valence-corrected chi connectivity index (χ3v) is 4.02. The summed E-state index contributed by atoms with van der Waals surface area (Å²) in [4.78, 5) is 13.0. The molecule has 0 atom stereocenters. The van der Waals surface area contributed by atoms with E-state index in [0.717, 1.165) is 24.0 Å². The van der Waals surface area contributed by atoms with E-state index in [-0.39, 0.29) is 0 Å². The molecule has 0 spiro atoms. The Labute approximate surface area is 137 Å². The maximum absolute atomic E-state index is 11.3. The molecule has 2 rings (SSSR count). The SMILES string of the molecule is Cc1ccc(B(O)O)cc1CCN(C=O)CCc1ccccc1. The van der Waals surface area contributed by atoms with Gasteiger partial charge in [0.15, 0.2) is 0 Å². The van der Waals surface area contributed by atoms with Crippen molar-refractivity contribution < 1.29 is 14.8 Å². The lowest BCUT2D eigenvalue weighted by atomic mass is 9.78. The molecule has 5 heteroatoms. The van der Waals surface area contributed by atoms with Crippen molar-refractivity contribution >= 4 is 19.0 Å². The summed E-state index contributed by atoms with van der Waals surface area (Å²) in [5.74, 6) is 0. The molecule has 2 aromatic carbocycles. The maximum atomic E-state index is 11.3. The van der Waals surface area contributed by atoms with Gasteiger partial charge in [0.2, 0.25) is 6.41 Å². The first-order valence-electron chi connectivity index (χ1n) is 7.79. The van der Waals surface area contributed by atoms with Gasteiger partial charge in [0.1, 0.15) is 0 Å². The normalized spacial score (nSPS) is 10.4. The number of hydrogen-bond donors (Lipinski definition) is 2. The highest BCUT2D eigenvalue weighted by molar-refractivity contribution is 6.58. The Kier molecular flexibility index (Phi) is 6.38. The van der Waals surface area contributed by atoms with Crippen LogP contribution in [0.2, 0.25) is 0 Å². The van der Waals surface area contributed by atoms with Gasteiger partial charge in [-0.2, -0.15) is 0 Å². The van der Waals surface area contributed by atoms with Gasteiger partial charge in [0.05, 0.1) is 0 Å². The monoisotopic (exact) mass is 311 g/mol. The Bertz CT molecular complexity index is 631. The van der Waals surface area contributed by atoms with Crippen LogP contribution in [0.3, 0.4) is 0 Å². The molecule has 0 saturated carbocycles. The van der Waals surface area contributed by atoms with Crippen LogP contribution in [0, 0.1) is 6.92 Å². The van der Waals surface area contributed by atoms with E-state index in [1.54, 1.807) is 17.0 Å². The zero-order chi connectivity index (χ0) is 16.7. The number of benzene rings is 2. The number of nitrogens with zero attached hydrogens (tertiary/aromatic N) is 1. The lowest BCUT2D eigenvalue weighted by molar-refractivity contribution is -0.118. The minimum Gasteiger partial charge on any atom is -0.423 e. The molecule has 0 bridgehead atoms. The quantitative estimate of drug-likeness (QED) is 0.563. The van der Waals surface area contributed by atoms with Crippen LogP contribution in [0.1, 0.15) is 16.7 Å². The van der Waals surface area contributed by atoms with Gasteiger partial charge in [-0.15, -0.1) is 0 Å². The molecule has 23 heavy (non-hydrogen) atoms. The Balaban J connectivity index is 1.92. The van der Waals surface area contributed by atoms with Crippen molar-refractivity contribution in [2.24, 2.45) is 0 Å². The van der Waals surface area contributed by atoms with E-state index < -0.39 is 7.12 Å². The number of aryl methyl sites for hydroxylation is 1. The van der Waals surface area contributed by atoms with Gasteiger partial charge in [-0.1, -0.05) is 48.5 Å². The van der Waals surface area contributed by atoms with E-state index in [9.17, 15) is 14.8 Å². The zero-order valence-corrected chi connectivity index (χ0v) is 13.4. The number of carbonyl (C=O) groups is 1. The summed E-state index contributed by atoms with van der Waals surface area (Å²) in [6, 6.07) is 15.5. The molecule has 0 radical (unpaired) electrons. The largest absolute Gasteiger partial charge is 0.488 e. The lowest BCUT2D eigenvalue weighted by Gasteiger charge is -2.18. The fraction of sp³-hybridized carbons (Fsp3) is 0.278. The van der Waals surface area contributed by atoms with Gasteiger partial charge in [-0.25, -0.2) is 0 Å². The predicted octanol–water partition coefficient (Wildman–Crippen LogP) is 0.918. The van der Waals surface area contributed by atoms with Crippen molar-refractivity contribution in [1.29, 1.82) is 0 Å². The second-order valence-corrected chi connectivity index (χ2v) is 5.69. The summed E-state index contributed by atoms with van der Waals surface area (Å²) < 4.78 is 0. The smallest absolute Gasteiger partial charge is 0.423 e. The molecular weight excluding hydrogens is 289 g/mol. The average Bonchev–Trinajstić information content (AvgIpc) is 2.57. The highest BCUT2D eigenvalue weighted by Crippen LogP contribution is 2.08. The number of hydrogen-bond acceptors (Lipinski definition) is 3. The van der Waals surface area contributed by atoms with E-state index >= 15 is 0 Å². The topological polar surface area (TPSA) is 60.8 Å². The predicted molar refractivity (Wildman–Crippen MR) is 92.5 cm³/mol. The van der Waals surface area contributed by atoms with Crippen LogP contribution in [-0.2, 0) is 17.6 Å². The standard InChI is InChI=1S/C18H22BNO3/c1-15-7-8-18(19(22)23)13-17(15)10-12-20(14-21)11-9-16-5-3-2-4-6-16/h2-8,13-14,22-23H,9-12H2,1H3. The van der Waals surface area contributed by atoms with Crippen LogP contribution in [0.4, 0.5) is 0 Å². The summed E-state index contributed by atoms with van der Waals surface area (Å²) in [6.45, 7) is 3.27. The van der Waals surface area contributed by atoms with Crippen LogP contribution in [0.25, 0.3) is 0 Å². The number of carbonyl (C=O) groups excluding carboxylic acids is 1. The van der Waals surface area contributed by atoms with Crippen LogP contribution in [0.5, 0.6) is 0 Å². The van der Waals surface area contributed by atoms with E-state index in [1.165, 1.54) is 5.56 Å². The summed E-state index contributed by atoms with van der Waals surface area (Å²) >= 11 is 0. The van der Waals surface area contributed by atoms with Crippen LogP contribution < -0.4 is 5.46 Å². The molecule has 2 aromatic rings. The minimum absolute atomic E-state index is 0.479. The summed E-state index contributed by atoms with van der Waals surface area (Å²) in [6.07, 6.45) is 2.40. The fourth-order valence-corrected chi connectivity index (χ4v) is 2.52. The van der Waals surface area contributed by atoms with Gasteiger partial charge in [-0.05, 0) is 41.9 Å². The Morgan fingerprint density at radius 1 is 1.04 bits per heavy atom. The zero-order valence-electron chi connectivity index (χ0n) is 13.4. The average molecular weight is 311 g/mol. The first kappa shape index (κ1) is 17.3. The summed E-state index contributed by atoms with van der Waals surface area (Å²) in [5, 5.41) is 18.5. The van der Waals surface area contributed by atoms with Crippen LogP contribution >= 0.6 is 0 Å². The van der Waals surface area contributed by atoms with Gasteiger partial charge in [-0.3, -0.25) is 4.79 Å². The molecule has 2 N–H and O–H groups in total.